The summed E-state index contributed by atoms with van der Waals surface area (Å²) >= 11 is 0. The Hall–Kier alpha value is -2.56. The summed E-state index contributed by atoms with van der Waals surface area (Å²) in [4.78, 5) is 51.0. The molecule has 0 aromatic carbocycles. The number of allylic oxidation sites excluding steroid dienone is 4. The Balaban J connectivity index is 1.73. The number of aliphatic hydroxyl groups is 10. The molecule has 3 fully saturated rings. The first-order valence-electron chi connectivity index (χ1n) is 38.1. The second-order valence-electron chi connectivity index (χ2n) is 27.4. The van der Waals surface area contributed by atoms with Crippen LogP contribution in [0.4, 0.5) is 0 Å². The summed E-state index contributed by atoms with van der Waals surface area (Å²) in [6, 6.07) is 0. The maximum atomic E-state index is 14.3. The van der Waals surface area contributed by atoms with Gasteiger partial charge in [0, 0.05) is 19.3 Å². The van der Waals surface area contributed by atoms with Crippen LogP contribution in [0, 0.1) is 0 Å². The molecule has 25 heteroatoms. The van der Waals surface area contributed by atoms with E-state index in [1.165, 1.54) is 135 Å². The number of phosphoric ester groups is 1. The van der Waals surface area contributed by atoms with Gasteiger partial charge in [-0.3, -0.25) is 23.4 Å². The van der Waals surface area contributed by atoms with Gasteiger partial charge >= 0.3 is 25.7 Å². The smallest absolute Gasteiger partial charge is 0.463 e. The lowest BCUT2D eigenvalue weighted by atomic mass is 9.84. The Labute approximate surface area is 585 Å². The van der Waals surface area contributed by atoms with Crippen molar-refractivity contribution in [3.8, 4) is 0 Å². The van der Waals surface area contributed by atoms with Gasteiger partial charge in [-0.25, -0.2) is 4.57 Å². The molecule has 0 bridgehead atoms. The van der Waals surface area contributed by atoms with Gasteiger partial charge in [-0.1, -0.05) is 225 Å². The molecule has 2 aliphatic heterocycles. The molecule has 11 N–H and O–H groups in total. The second kappa shape index (κ2) is 55.0. The van der Waals surface area contributed by atoms with Crippen molar-refractivity contribution in [1.82, 2.24) is 0 Å². The van der Waals surface area contributed by atoms with E-state index in [0.29, 0.717) is 25.7 Å². The summed E-state index contributed by atoms with van der Waals surface area (Å²) in [5, 5.41) is 110. The number of ether oxygens (including phenoxy) is 7. The number of carbonyl (C=O) groups is 3. The summed E-state index contributed by atoms with van der Waals surface area (Å²) in [7, 11) is -5.70. The minimum absolute atomic E-state index is 0.0224. The largest absolute Gasteiger partial charge is 0.472 e. The number of esters is 3. The Morgan fingerprint density at radius 2 is 0.714 bits per heavy atom. The van der Waals surface area contributed by atoms with Crippen LogP contribution in [0.15, 0.2) is 24.3 Å². The first kappa shape index (κ1) is 89.7. The van der Waals surface area contributed by atoms with E-state index in [1.807, 2.05) is 0 Å². The third-order valence-electron chi connectivity index (χ3n) is 18.7. The quantitative estimate of drug-likeness (QED) is 0.00886. The zero-order valence-corrected chi connectivity index (χ0v) is 60.7. The Morgan fingerprint density at radius 3 is 1.11 bits per heavy atom. The lowest BCUT2D eigenvalue weighted by Crippen LogP contribution is -2.69. The van der Waals surface area contributed by atoms with E-state index in [-0.39, 0.29) is 19.3 Å². The van der Waals surface area contributed by atoms with Gasteiger partial charge in [0.15, 0.2) is 18.7 Å². The molecule has 0 radical (unpaired) electrons. The van der Waals surface area contributed by atoms with Gasteiger partial charge in [0.1, 0.15) is 98.7 Å². The molecular formula is C73H133O24P. The van der Waals surface area contributed by atoms with E-state index < -0.39 is 156 Å². The van der Waals surface area contributed by atoms with Crippen LogP contribution in [0.1, 0.15) is 290 Å². The number of unbranched alkanes of at least 4 members (excludes halogenated alkanes) is 34. The van der Waals surface area contributed by atoms with Crippen molar-refractivity contribution in [2.45, 2.75) is 395 Å². The van der Waals surface area contributed by atoms with Crippen molar-refractivity contribution in [3.63, 3.8) is 0 Å². The molecule has 3 rings (SSSR count). The molecule has 3 aliphatic rings. The third-order valence-corrected chi connectivity index (χ3v) is 19.7. The average Bonchev–Trinajstić information content (AvgIpc) is 0.762. The third kappa shape index (κ3) is 37.7. The highest BCUT2D eigenvalue weighted by Crippen LogP contribution is 2.49. The highest BCUT2D eigenvalue weighted by atomic mass is 31.2. The van der Waals surface area contributed by atoms with Crippen molar-refractivity contribution in [1.29, 1.82) is 0 Å². The minimum Gasteiger partial charge on any atom is -0.463 e. The van der Waals surface area contributed by atoms with E-state index in [1.54, 1.807) is 0 Å². The maximum Gasteiger partial charge on any atom is 0.472 e. The minimum atomic E-state index is -5.70. The first-order chi connectivity index (χ1) is 47.3. The highest BCUT2D eigenvalue weighted by Gasteiger charge is 2.58. The molecule has 24 nitrogen and oxygen atoms in total. The van der Waals surface area contributed by atoms with E-state index in [9.17, 15) is 74.9 Å². The number of hydrogen-bond donors (Lipinski definition) is 11. The number of aliphatic hydroxyl groups excluding tert-OH is 10. The fourth-order valence-electron chi connectivity index (χ4n) is 12.5. The lowest BCUT2D eigenvalue weighted by Gasteiger charge is -2.49. The summed E-state index contributed by atoms with van der Waals surface area (Å²) in [6.45, 7) is 3.41. The molecule has 2 saturated heterocycles. The molecule has 18 unspecified atom stereocenters. The normalized spacial score (nSPS) is 27.7. The monoisotopic (exact) mass is 1420 g/mol. The molecule has 1 aliphatic carbocycles. The molecule has 0 aromatic rings. The molecule has 0 aromatic heterocycles. The van der Waals surface area contributed by atoms with Crippen LogP contribution in [-0.4, -0.2) is 204 Å². The molecule has 98 heavy (non-hydrogen) atoms. The molecule has 0 amide bonds. The molecule has 574 valence electrons. The van der Waals surface area contributed by atoms with Crippen LogP contribution < -0.4 is 0 Å². The number of carbonyl (C=O) groups excluding carboxylic acids is 3. The van der Waals surface area contributed by atoms with E-state index in [4.69, 9.17) is 42.2 Å². The van der Waals surface area contributed by atoms with Gasteiger partial charge < -0.3 is 89.1 Å². The van der Waals surface area contributed by atoms with Crippen LogP contribution in [-0.2, 0) is 61.2 Å². The number of hydrogen-bond acceptors (Lipinski definition) is 23. The van der Waals surface area contributed by atoms with Gasteiger partial charge in [-0.15, -0.1) is 0 Å². The fraction of sp³-hybridized carbons (Fsp3) is 0.904. The topological polar surface area (TPSA) is 374 Å². The Bertz CT molecular complexity index is 2120. The van der Waals surface area contributed by atoms with Crippen molar-refractivity contribution in [3.05, 3.63) is 24.3 Å². The van der Waals surface area contributed by atoms with Gasteiger partial charge in [0.05, 0.1) is 13.2 Å². The standard InChI is InChI=1S/C73H133O24P/c1-4-7-10-13-16-19-22-25-27-28-31-33-36-39-42-45-48-58(76)90-53-56-61(79)63(81)68(86)73(94-56)96-70-66(84)64(82)65(83)69(95-72-67(85)62(80)60(78)55(50-74)93-72)71(70)97-98(87,88)91-52-54(92-59(77)49-46-43-40-37-34-29-24-21-18-15-12-9-6-3)51-89-57(75)47-44-41-38-35-32-30-26-23-20-17-14-11-8-5-2/h29-30,32,34,54-56,60-74,78-86H,4-28,31,33,35-53H2,1-3H3,(H,87,88)/b32-30-,34-29-. The molecule has 2 heterocycles. The van der Waals surface area contributed by atoms with E-state index >= 15 is 0 Å². The Kier molecular flexibility index (Phi) is 50.3. The van der Waals surface area contributed by atoms with Crippen LogP contribution in [0.2, 0.25) is 0 Å². The number of rotatable bonds is 59. The first-order valence-corrected chi connectivity index (χ1v) is 39.6. The predicted octanol–water partition coefficient (Wildman–Crippen LogP) is 10.5. The van der Waals surface area contributed by atoms with Crippen LogP contribution in [0.3, 0.4) is 0 Å². The van der Waals surface area contributed by atoms with E-state index in [2.05, 4.69) is 45.1 Å². The highest BCUT2D eigenvalue weighted by molar-refractivity contribution is 7.47. The average molecular weight is 1430 g/mol. The lowest BCUT2D eigenvalue weighted by molar-refractivity contribution is -0.360. The SMILES string of the molecule is CCCCCCCC/C=C\CCCCCC(=O)OC(COC(=O)CCCCC/C=C\CCCCCCCCC)COP(=O)(O)OC1C(OC2OC(CO)C(O)C(O)C2O)C(O)C(O)C(O)C1OC1OC(COC(=O)CCCCCCCCCCCCCCCCCC)C(O)C(O)C1O. The van der Waals surface area contributed by atoms with Gasteiger partial charge in [0.2, 0.25) is 0 Å². The van der Waals surface area contributed by atoms with Crippen LogP contribution >= 0.6 is 7.82 Å². The van der Waals surface area contributed by atoms with Crippen molar-refractivity contribution in [2.24, 2.45) is 0 Å². The summed E-state index contributed by atoms with van der Waals surface area (Å²) in [5.74, 6) is -2.02. The summed E-state index contributed by atoms with van der Waals surface area (Å²) < 4.78 is 65.0. The van der Waals surface area contributed by atoms with Crippen molar-refractivity contribution in [2.75, 3.05) is 26.4 Å². The zero-order valence-electron chi connectivity index (χ0n) is 59.8. The maximum absolute atomic E-state index is 14.3. The second-order valence-corrected chi connectivity index (χ2v) is 28.8. The number of phosphoric acid groups is 1. The van der Waals surface area contributed by atoms with Gasteiger partial charge in [-0.05, 0) is 70.6 Å². The van der Waals surface area contributed by atoms with Gasteiger partial charge in [0.25, 0.3) is 0 Å². The molecule has 0 spiro atoms. The van der Waals surface area contributed by atoms with Crippen LogP contribution in [0.25, 0.3) is 0 Å². The van der Waals surface area contributed by atoms with Crippen molar-refractivity contribution >= 4 is 25.7 Å². The molecule has 18 atom stereocenters. The summed E-state index contributed by atoms with van der Waals surface area (Å²) in [5.41, 5.74) is 0. The predicted molar refractivity (Wildman–Crippen MR) is 370 cm³/mol. The van der Waals surface area contributed by atoms with Gasteiger partial charge in [-0.2, -0.15) is 0 Å². The molecule has 1 saturated carbocycles. The van der Waals surface area contributed by atoms with Crippen LogP contribution in [0.5, 0.6) is 0 Å². The zero-order chi connectivity index (χ0) is 71.8. The Morgan fingerprint density at radius 1 is 0.388 bits per heavy atom. The van der Waals surface area contributed by atoms with Crippen molar-refractivity contribution < 1.29 is 117 Å². The summed E-state index contributed by atoms with van der Waals surface area (Å²) in [6.07, 6.45) is 15.3. The fourth-order valence-corrected chi connectivity index (χ4v) is 13.4. The molecular weight excluding hydrogens is 1290 g/mol. The van der Waals surface area contributed by atoms with E-state index in [0.717, 1.165) is 89.9 Å².